The molecule has 0 saturated carbocycles. The second-order valence-electron chi connectivity index (χ2n) is 7.47. The summed E-state index contributed by atoms with van der Waals surface area (Å²) in [7, 11) is -3.51. The molecule has 9 heteroatoms. The number of aromatic nitrogens is 1. The molecule has 172 valence electrons. The third-order valence-electron chi connectivity index (χ3n) is 5.06. The van der Waals surface area contributed by atoms with Crippen LogP contribution in [0.1, 0.15) is 10.4 Å². The number of halogens is 3. The van der Waals surface area contributed by atoms with Crippen LogP contribution in [0.5, 0.6) is 0 Å². The molecule has 0 aliphatic carbocycles. The lowest BCUT2D eigenvalue weighted by Gasteiger charge is -2.14. The van der Waals surface area contributed by atoms with Crippen LogP contribution in [0, 0.1) is 0 Å². The minimum Gasteiger partial charge on any atom is -0.322 e. The maximum atomic E-state index is 13.3. The first-order valence-corrected chi connectivity index (χ1v) is 13.0. The van der Waals surface area contributed by atoms with Gasteiger partial charge < -0.3 is 5.32 Å². The van der Waals surface area contributed by atoms with Gasteiger partial charge in [0.25, 0.3) is 5.91 Å². The third-order valence-corrected chi connectivity index (χ3v) is 7.24. The summed E-state index contributed by atoms with van der Waals surface area (Å²) in [4.78, 5) is 17.7. The van der Waals surface area contributed by atoms with Crippen molar-refractivity contribution in [3.63, 3.8) is 0 Å². The topological polar surface area (TPSA) is 76.1 Å². The van der Waals surface area contributed by atoms with Crippen molar-refractivity contribution in [2.75, 3.05) is 11.6 Å². The van der Waals surface area contributed by atoms with E-state index in [1.54, 1.807) is 48.7 Å². The highest BCUT2D eigenvalue weighted by Crippen LogP contribution is 2.33. The number of nitrogens with zero attached hydrogens (tertiary/aromatic N) is 1. The number of anilines is 1. The Labute approximate surface area is 212 Å². The second-order valence-corrected chi connectivity index (χ2v) is 10.7. The molecule has 5 nitrogen and oxygen atoms in total. The maximum absolute atomic E-state index is 13.3. The summed E-state index contributed by atoms with van der Waals surface area (Å²) in [6, 6.07) is 19.7. The van der Waals surface area contributed by atoms with Crippen molar-refractivity contribution in [3.8, 4) is 22.4 Å². The molecule has 3 aromatic carbocycles. The van der Waals surface area contributed by atoms with Gasteiger partial charge in [-0.15, -0.1) is 0 Å². The molecule has 1 amide bonds. The van der Waals surface area contributed by atoms with Gasteiger partial charge in [0, 0.05) is 29.3 Å². The first-order chi connectivity index (χ1) is 16.1. The van der Waals surface area contributed by atoms with Crippen molar-refractivity contribution < 1.29 is 13.2 Å². The Kier molecular flexibility index (Phi) is 6.96. The minimum absolute atomic E-state index is 0.0778. The summed E-state index contributed by atoms with van der Waals surface area (Å²) >= 11 is 18.6. The molecule has 4 rings (SSSR count). The highest BCUT2D eigenvalue weighted by Gasteiger charge is 2.18. The molecule has 0 fully saturated rings. The van der Waals surface area contributed by atoms with Gasteiger partial charge in [0.15, 0.2) is 9.84 Å². The fraction of sp³-hybridized carbons (Fsp3) is 0.0400. The summed E-state index contributed by atoms with van der Waals surface area (Å²) in [5.74, 6) is -0.435. The molecule has 34 heavy (non-hydrogen) atoms. The molecule has 1 heterocycles. The van der Waals surface area contributed by atoms with Crippen molar-refractivity contribution in [1.82, 2.24) is 4.98 Å². The molecule has 0 atom stereocenters. The van der Waals surface area contributed by atoms with Gasteiger partial charge in [-0.05, 0) is 71.8 Å². The fourth-order valence-electron chi connectivity index (χ4n) is 3.37. The van der Waals surface area contributed by atoms with E-state index in [0.717, 1.165) is 6.26 Å². The van der Waals surface area contributed by atoms with Crippen LogP contribution in [0.15, 0.2) is 83.9 Å². The molecule has 0 bridgehead atoms. The highest BCUT2D eigenvalue weighted by molar-refractivity contribution is 7.90. The summed E-state index contributed by atoms with van der Waals surface area (Å²) < 4.78 is 24.3. The summed E-state index contributed by atoms with van der Waals surface area (Å²) in [5, 5.41) is 3.98. The van der Waals surface area contributed by atoms with Crippen molar-refractivity contribution in [2.24, 2.45) is 0 Å². The van der Waals surface area contributed by atoms with Crippen molar-refractivity contribution >= 4 is 56.2 Å². The van der Waals surface area contributed by atoms with Gasteiger partial charge in [-0.2, -0.15) is 0 Å². The lowest BCUT2D eigenvalue weighted by atomic mass is 9.99. The number of benzene rings is 3. The van der Waals surface area contributed by atoms with Gasteiger partial charge in [-0.25, -0.2) is 8.42 Å². The Bertz CT molecular complexity index is 1510. The van der Waals surface area contributed by atoms with Crippen LogP contribution in [-0.4, -0.2) is 25.6 Å². The largest absolute Gasteiger partial charge is 0.322 e. The van der Waals surface area contributed by atoms with Crippen LogP contribution in [-0.2, 0) is 9.84 Å². The number of hydrogen-bond donors (Lipinski definition) is 1. The van der Waals surface area contributed by atoms with E-state index in [9.17, 15) is 13.2 Å². The number of amides is 1. The first kappa shape index (κ1) is 24.2. The standard InChI is InChI=1S/C25H17Cl3N2O3S/c1-34(32,33)17-7-8-18(19(14-17)15-5-9-22(27)23(28)12-15)25(31)30-16-6-10-21(26)20(13-16)24-4-2-3-11-29-24/h2-14H,1H3,(H,30,31). The van der Waals surface area contributed by atoms with Crippen molar-refractivity contribution in [1.29, 1.82) is 0 Å². The lowest BCUT2D eigenvalue weighted by Crippen LogP contribution is -2.14. The first-order valence-electron chi connectivity index (χ1n) is 9.95. The molecule has 0 spiro atoms. The number of sulfone groups is 1. The summed E-state index contributed by atoms with van der Waals surface area (Å²) in [6.45, 7) is 0. The number of hydrogen-bond acceptors (Lipinski definition) is 4. The highest BCUT2D eigenvalue weighted by atomic mass is 35.5. The van der Waals surface area contributed by atoms with Gasteiger partial charge in [-0.3, -0.25) is 9.78 Å². The molecule has 1 N–H and O–H groups in total. The van der Waals surface area contributed by atoms with E-state index in [2.05, 4.69) is 10.3 Å². The van der Waals surface area contributed by atoms with Crippen LogP contribution >= 0.6 is 34.8 Å². The molecule has 1 aromatic heterocycles. The quantitative estimate of drug-likeness (QED) is 0.300. The molecule has 0 unspecified atom stereocenters. The predicted molar refractivity (Wildman–Crippen MR) is 138 cm³/mol. The zero-order valence-electron chi connectivity index (χ0n) is 17.7. The Morgan fingerprint density at radius 2 is 1.59 bits per heavy atom. The molecule has 0 aliphatic rings. The van der Waals surface area contributed by atoms with E-state index in [1.165, 1.54) is 18.2 Å². The van der Waals surface area contributed by atoms with Crippen LogP contribution in [0.3, 0.4) is 0 Å². The van der Waals surface area contributed by atoms with E-state index in [-0.39, 0.29) is 15.5 Å². The monoisotopic (exact) mass is 530 g/mol. The molecular formula is C25H17Cl3N2O3S. The predicted octanol–water partition coefficient (Wildman–Crippen LogP) is 7.03. The van der Waals surface area contributed by atoms with Crippen LogP contribution < -0.4 is 5.32 Å². The van der Waals surface area contributed by atoms with E-state index in [4.69, 9.17) is 34.8 Å². The Hall–Kier alpha value is -2.90. The van der Waals surface area contributed by atoms with Crippen LogP contribution in [0.2, 0.25) is 15.1 Å². The average Bonchev–Trinajstić information content (AvgIpc) is 2.81. The number of nitrogens with one attached hydrogen (secondary N) is 1. The molecular weight excluding hydrogens is 515 g/mol. The molecule has 4 aromatic rings. The summed E-state index contributed by atoms with van der Waals surface area (Å²) in [6.07, 6.45) is 2.76. The molecule has 0 saturated heterocycles. The second kappa shape index (κ2) is 9.76. The van der Waals surface area contributed by atoms with Gasteiger partial charge in [0.1, 0.15) is 0 Å². The molecule has 0 aliphatic heterocycles. The van der Waals surface area contributed by atoms with Gasteiger partial charge >= 0.3 is 0 Å². The normalized spacial score (nSPS) is 11.3. The number of pyridine rings is 1. The lowest BCUT2D eigenvalue weighted by molar-refractivity contribution is 0.102. The third kappa shape index (κ3) is 5.26. The number of carbonyl (C=O) groups excluding carboxylic acids is 1. The fourth-order valence-corrected chi connectivity index (χ4v) is 4.53. The van der Waals surface area contributed by atoms with E-state index in [1.807, 2.05) is 12.1 Å². The van der Waals surface area contributed by atoms with Gasteiger partial charge in [-0.1, -0.05) is 46.9 Å². The summed E-state index contributed by atoms with van der Waals surface area (Å²) in [5.41, 5.74) is 3.05. The zero-order valence-corrected chi connectivity index (χ0v) is 20.8. The van der Waals surface area contributed by atoms with Crippen molar-refractivity contribution in [3.05, 3.63) is 99.6 Å². The van der Waals surface area contributed by atoms with Crippen LogP contribution in [0.25, 0.3) is 22.4 Å². The smallest absolute Gasteiger partial charge is 0.256 e. The number of rotatable bonds is 5. The SMILES string of the molecule is CS(=O)(=O)c1ccc(C(=O)Nc2ccc(Cl)c(-c3ccccn3)c2)c(-c2ccc(Cl)c(Cl)c2)c1. The zero-order chi connectivity index (χ0) is 24.5. The average molecular weight is 532 g/mol. The minimum atomic E-state index is -3.51. The van der Waals surface area contributed by atoms with Gasteiger partial charge in [0.2, 0.25) is 0 Å². The maximum Gasteiger partial charge on any atom is 0.256 e. The Balaban J connectivity index is 1.76. The van der Waals surface area contributed by atoms with Crippen LogP contribution in [0.4, 0.5) is 5.69 Å². The van der Waals surface area contributed by atoms with Gasteiger partial charge in [0.05, 0.1) is 25.7 Å². The molecule has 0 radical (unpaired) electrons. The Morgan fingerprint density at radius 3 is 2.26 bits per heavy atom. The van der Waals surface area contributed by atoms with Crippen molar-refractivity contribution in [2.45, 2.75) is 4.90 Å². The number of carbonyl (C=O) groups is 1. The van der Waals surface area contributed by atoms with E-state index < -0.39 is 15.7 Å². The van der Waals surface area contributed by atoms with E-state index >= 15 is 0 Å². The Morgan fingerprint density at radius 1 is 0.824 bits per heavy atom. The van der Waals surface area contributed by atoms with E-state index in [0.29, 0.717) is 38.1 Å².